The summed E-state index contributed by atoms with van der Waals surface area (Å²) in [4.78, 5) is 12.4. The molecule has 0 radical (unpaired) electrons. The van der Waals surface area contributed by atoms with Gasteiger partial charge in [-0.2, -0.15) is 0 Å². The van der Waals surface area contributed by atoms with Crippen molar-refractivity contribution in [2.24, 2.45) is 0 Å². The zero-order chi connectivity index (χ0) is 14.7. The molecule has 0 bridgehead atoms. The molecular weight excluding hydrogens is 291 g/mol. The average molecular weight is 295 g/mol. The van der Waals surface area contributed by atoms with Gasteiger partial charge in [-0.15, -0.1) is 0 Å². The van der Waals surface area contributed by atoms with Crippen LogP contribution in [0.2, 0.25) is 0 Å². The second-order valence-electron chi connectivity index (χ2n) is 2.83. The minimum Gasteiger partial charge on any atom is -0.258 e. The molecule has 0 atom stereocenters. The molecule has 0 saturated heterocycles. The van der Waals surface area contributed by atoms with Gasteiger partial charge in [0.1, 0.15) is 0 Å². The van der Waals surface area contributed by atoms with Crippen molar-refractivity contribution in [1.82, 2.24) is 0 Å². The molecule has 0 saturated carbocycles. The maximum atomic E-state index is 10.1. The third-order valence-corrected chi connectivity index (χ3v) is 1.18. The minimum atomic E-state index is -10.7. The van der Waals surface area contributed by atoms with E-state index in [2.05, 4.69) is 4.98 Å². The number of nitro groups is 1. The predicted molar refractivity (Wildman–Crippen MR) is 51.4 cm³/mol. The second-order valence-corrected chi connectivity index (χ2v) is 4.75. The molecule has 5 nitrogen and oxygen atoms in total. The summed E-state index contributed by atoms with van der Waals surface area (Å²) in [5.41, 5.74) is 0.285. The Balaban J connectivity index is 0.000000360. The Morgan fingerprint density at radius 3 is 1.61 bits per heavy atom. The van der Waals surface area contributed by atoms with Crippen LogP contribution in [-0.4, -0.2) is 4.92 Å². The summed E-state index contributed by atoms with van der Waals surface area (Å²) in [5.74, 6) is 0. The molecule has 12 heteroatoms. The molecule has 0 aromatic heterocycles. The Kier molecular flexibility index (Phi) is 3.62. The maximum Gasteiger partial charge on any atom is 0.385 e. The van der Waals surface area contributed by atoms with Gasteiger partial charge in [0.25, 0.3) is 5.69 Å². The van der Waals surface area contributed by atoms with Crippen LogP contribution in [0.4, 0.5) is 36.6 Å². The van der Waals surface area contributed by atoms with Gasteiger partial charge in [0.15, 0.2) is 4.98 Å². The van der Waals surface area contributed by atoms with E-state index < -0.39 is 12.7 Å². The summed E-state index contributed by atoms with van der Waals surface area (Å²) in [6.07, 6.45) is 0. The van der Waals surface area contributed by atoms with Crippen molar-refractivity contribution in [3.63, 3.8) is 0 Å². The van der Waals surface area contributed by atoms with Gasteiger partial charge in [0.2, 0.25) is 5.39 Å². The number of hydrogen-bond acceptors (Lipinski definition) is 3. The van der Waals surface area contributed by atoms with Crippen molar-refractivity contribution in [3.8, 4) is 0 Å². The van der Waals surface area contributed by atoms with Gasteiger partial charge < -0.3 is 0 Å². The molecule has 0 spiro atoms. The molecule has 0 aliphatic rings. The monoisotopic (exact) mass is 295 g/mol. The van der Waals surface area contributed by atoms with Crippen LogP contribution < -0.4 is 0 Å². The number of non-ortho nitro benzene ring substituents is 1. The van der Waals surface area contributed by atoms with Crippen molar-refractivity contribution < 1.29 is 30.1 Å². The van der Waals surface area contributed by atoms with Crippen LogP contribution in [0.25, 0.3) is 4.98 Å². The number of diazo groups is 1. The van der Waals surface area contributed by atoms with E-state index in [0.717, 1.165) is 0 Å². The molecular formula is C6H4F6N3O2P. The number of nitro benzene ring substituents is 1. The van der Waals surface area contributed by atoms with E-state index in [1.807, 2.05) is 0 Å². The fourth-order valence-electron chi connectivity index (χ4n) is 0.641. The third kappa shape index (κ3) is 12.1. The predicted octanol–water partition coefficient (Wildman–Crippen LogP) is 5.46. The van der Waals surface area contributed by atoms with Gasteiger partial charge in [-0.1, -0.05) is 0 Å². The van der Waals surface area contributed by atoms with Gasteiger partial charge >= 0.3 is 38.7 Å². The maximum absolute atomic E-state index is 10.7. The van der Waals surface area contributed by atoms with Crippen molar-refractivity contribution in [1.29, 1.82) is 5.39 Å². The Hall–Kier alpha value is -1.95. The topological polar surface area (TPSA) is 71.3 Å². The molecule has 1 aromatic rings. The SMILES string of the molecule is F[P-](F)(F)(F)(F)F.N#[N+]c1ccc([N+](=O)[O-])cc1. The Labute approximate surface area is 95.0 Å². The molecule has 0 heterocycles. The van der Waals surface area contributed by atoms with Crippen molar-refractivity contribution in [2.75, 3.05) is 0 Å². The van der Waals surface area contributed by atoms with Crippen LogP contribution in [0, 0.1) is 15.5 Å². The Morgan fingerprint density at radius 1 is 1.06 bits per heavy atom. The molecule has 0 amide bonds. The van der Waals surface area contributed by atoms with Crippen LogP contribution in [0.15, 0.2) is 24.3 Å². The first kappa shape index (κ1) is 16.1. The average Bonchev–Trinajstić information content (AvgIpc) is 2.13. The van der Waals surface area contributed by atoms with E-state index in [1.165, 1.54) is 24.3 Å². The molecule has 0 N–H and O–H groups in total. The van der Waals surface area contributed by atoms with E-state index >= 15 is 0 Å². The van der Waals surface area contributed by atoms with Gasteiger partial charge in [-0.3, -0.25) is 10.1 Å². The zero-order valence-electron chi connectivity index (χ0n) is 8.18. The van der Waals surface area contributed by atoms with Crippen LogP contribution in [0.3, 0.4) is 0 Å². The molecule has 1 rings (SSSR count). The van der Waals surface area contributed by atoms with E-state index in [9.17, 15) is 35.3 Å². The third-order valence-electron chi connectivity index (χ3n) is 1.18. The van der Waals surface area contributed by atoms with E-state index in [0.29, 0.717) is 5.69 Å². The minimum absolute atomic E-state index is 0.0163. The van der Waals surface area contributed by atoms with Crippen LogP contribution >= 0.6 is 7.81 Å². The first-order chi connectivity index (χ1) is 7.69. The zero-order valence-corrected chi connectivity index (χ0v) is 9.08. The summed E-state index contributed by atoms with van der Waals surface area (Å²) in [6.45, 7) is 0. The molecule has 0 fully saturated rings. The summed E-state index contributed by atoms with van der Waals surface area (Å²) in [6, 6.07) is 5.26. The number of hydrogen-bond donors (Lipinski definition) is 0. The summed E-state index contributed by atoms with van der Waals surface area (Å²) < 4.78 is 59.2. The van der Waals surface area contributed by atoms with Crippen molar-refractivity contribution in [2.45, 2.75) is 0 Å². The fourth-order valence-corrected chi connectivity index (χ4v) is 0.641. The quantitative estimate of drug-likeness (QED) is 0.227. The first-order valence-corrected chi connectivity index (χ1v) is 5.88. The van der Waals surface area contributed by atoms with E-state index in [4.69, 9.17) is 5.39 Å². The van der Waals surface area contributed by atoms with Gasteiger partial charge in [0.05, 0.1) is 4.92 Å². The standard InChI is InChI=1S/C6H4N3O2.F6P/c7-8-5-1-3-6(4-2-5)9(10)11;1-7(2,3,4,5)6/h1-4H;/q+1;-1. The number of nitrogens with zero attached hydrogens (tertiary/aromatic N) is 3. The number of benzene rings is 1. The number of halogens is 6. The van der Waals surface area contributed by atoms with Crippen LogP contribution in [-0.2, 0) is 0 Å². The Bertz CT molecular complexity index is 479. The summed E-state index contributed by atoms with van der Waals surface area (Å²) in [5, 5.41) is 18.3. The van der Waals surface area contributed by atoms with E-state index in [-0.39, 0.29) is 5.69 Å². The molecule has 1 aromatic carbocycles. The molecule has 18 heavy (non-hydrogen) atoms. The normalized spacial score (nSPS) is 14.3. The molecule has 102 valence electrons. The molecule has 0 aliphatic carbocycles. The van der Waals surface area contributed by atoms with Crippen molar-refractivity contribution >= 4 is 19.2 Å². The second kappa shape index (κ2) is 4.06. The van der Waals surface area contributed by atoms with Crippen LogP contribution in [0.1, 0.15) is 0 Å². The van der Waals surface area contributed by atoms with Gasteiger partial charge in [-0.05, 0) is 0 Å². The Morgan fingerprint density at radius 2 is 1.39 bits per heavy atom. The largest absolute Gasteiger partial charge is 0.385 e. The number of rotatable bonds is 1. The van der Waals surface area contributed by atoms with E-state index in [1.54, 1.807) is 0 Å². The van der Waals surface area contributed by atoms with Gasteiger partial charge in [0, 0.05) is 24.3 Å². The van der Waals surface area contributed by atoms with Gasteiger partial charge in [-0.25, -0.2) is 0 Å². The molecule has 0 unspecified atom stereocenters. The summed E-state index contributed by atoms with van der Waals surface area (Å²) >= 11 is 0. The van der Waals surface area contributed by atoms with Crippen molar-refractivity contribution in [3.05, 3.63) is 39.4 Å². The summed E-state index contributed by atoms with van der Waals surface area (Å²) in [7, 11) is -10.7. The fraction of sp³-hybridized carbons (Fsp3) is 0. The first-order valence-electron chi connectivity index (χ1n) is 3.85. The smallest absolute Gasteiger partial charge is 0.258 e. The molecule has 0 aliphatic heterocycles. The van der Waals surface area contributed by atoms with Crippen LogP contribution in [0.5, 0.6) is 0 Å².